The SMILES string of the molecule is CC1(C)c2ccc(-c3ccc(-c4ccc(/C(N)=C/C(=NCc5ccccc5)c5ccc6ccccc6c5)c5ccccc45)cc3)cc2-c2cc3ccccc3cc21. The van der Waals surface area contributed by atoms with Crippen LogP contribution in [0.1, 0.15) is 41.7 Å². The van der Waals surface area contributed by atoms with Crippen molar-refractivity contribution in [2.75, 3.05) is 0 Å². The quantitative estimate of drug-likeness (QED) is 0.163. The number of benzene rings is 9. The molecule has 0 heterocycles. The van der Waals surface area contributed by atoms with Gasteiger partial charge in [0.1, 0.15) is 0 Å². The lowest BCUT2D eigenvalue weighted by Gasteiger charge is -2.22. The molecule has 1 aliphatic carbocycles. The maximum absolute atomic E-state index is 7.05. The minimum atomic E-state index is -0.0458. The summed E-state index contributed by atoms with van der Waals surface area (Å²) in [4.78, 5) is 5.12. The molecule has 0 spiro atoms. The van der Waals surface area contributed by atoms with E-state index in [9.17, 15) is 0 Å². The van der Waals surface area contributed by atoms with Gasteiger partial charge >= 0.3 is 0 Å². The van der Waals surface area contributed by atoms with Crippen LogP contribution in [0.4, 0.5) is 0 Å². The summed E-state index contributed by atoms with van der Waals surface area (Å²) in [6.45, 7) is 5.27. The van der Waals surface area contributed by atoms with Crippen molar-refractivity contribution in [2.45, 2.75) is 25.8 Å². The first-order valence-corrected chi connectivity index (χ1v) is 19.8. The van der Waals surface area contributed by atoms with Gasteiger partial charge in [-0.05, 0) is 113 Å². The van der Waals surface area contributed by atoms with Crippen LogP contribution < -0.4 is 5.73 Å². The fourth-order valence-electron chi connectivity index (χ4n) is 8.82. The lowest BCUT2D eigenvalue weighted by atomic mass is 9.81. The largest absolute Gasteiger partial charge is 0.398 e. The molecule has 1 aliphatic rings. The fourth-order valence-corrected chi connectivity index (χ4v) is 8.82. The van der Waals surface area contributed by atoms with E-state index in [2.05, 4.69) is 196 Å². The summed E-state index contributed by atoms with van der Waals surface area (Å²) in [5.74, 6) is 0. The summed E-state index contributed by atoms with van der Waals surface area (Å²) in [5, 5.41) is 7.23. The van der Waals surface area contributed by atoms with Crippen LogP contribution in [-0.4, -0.2) is 5.71 Å². The number of hydrogen-bond donors (Lipinski definition) is 1. The summed E-state index contributed by atoms with van der Waals surface area (Å²) in [6, 6.07) is 67.8. The van der Waals surface area contributed by atoms with E-state index in [-0.39, 0.29) is 5.41 Å². The van der Waals surface area contributed by atoms with E-state index in [0.717, 1.165) is 33.2 Å². The smallest absolute Gasteiger partial charge is 0.0671 e. The van der Waals surface area contributed by atoms with Gasteiger partial charge in [-0.2, -0.15) is 0 Å². The van der Waals surface area contributed by atoms with E-state index in [1.165, 1.54) is 66.1 Å². The Morgan fingerprint density at radius 1 is 0.491 bits per heavy atom. The van der Waals surface area contributed by atoms with Crippen LogP contribution in [0.15, 0.2) is 199 Å². The van der Waals surface area contributed by atoms with Gasteiger partial charge in [0.15, 0.2) is 0 Å². The third-order valence-corrected chi connectivity index (χ3v) is 11.9. The van der Waals surface area contributed by atoms with E-state index in [4.69, 9.17) is 10.7 Å². The van der Waals surface area contributed by atoms with E-state index in [1.807, 2.05) is 12.1 Å². The molecule has 9 aromatic carbocycles. The van der Waals surface area contributed by atoms with Crippen molar-refractivity contribution in [3.63, 3.8) is 0 Å². The van der Waals surface area contributed by atoms with Gasteiger partial charge < -0.3 is 5.73 Å². The van der Waals surface area contributed by atoms with Gasteiger partial charge in [0.05, 0.1) is 12.3 Å². The van der Waals surface area contributed by atoms with Crippen molar-refractivity contribution in [1.82, 2.24) is 0 Å². The van der Waals surface area contributed by atoms with Crippen LogP contribution in [0.2, 0.25) is 0 Å². The van der Waals surface area contributed by atoms with Crippen LogP contribution in [0, 0.1) is 0 Å². The molecule has 57 heavy (non-hydrogen) atoms. The minimum Gasteiger partial charge on any atom is -0.398 e. The average Bonchev–Trinajstić information content (AvgIpc) is 3.48. The molecule has 0 aromatic heterocycles. The molecule has 0 radical (unpaired) electrons. The summed E-state index contributed by atoms with van der Waals surface area (Å²) in [5.41, 5.74) is 22.0. The maximum atomic E-state index is 7.05. The van der Waals surface area contributed by atoms with Crippen molar-refractivity contribution in [1.29, 1.82) is 0 Å². The Kier molecular flexibility index (Phi) is 8.42. The zero-order valence-electron chi connectivity index (χ0n) is 32.2. The predicted octanol–water partition coefficient (Wildman–Crippen LogP) is 13.8. The first-order chi connectivity index (χ1) is 27.9. The number of aliphatic imine (C=N–C) groups is 1. The number of allylic oxidation sites excluding steroid dienone is 1. The Morgan fingerprint density at radius 3 is 1.88 bits per heavy atom. The number of fused-ring (bicyclic) bond motifs is 6. The molecule has 0 aliphatic heterocycles. The Labute approximate surface area is 334 Å². The molecule has 10 rings (SSSR count). The molecule has 0 saturated heterocycles. The Hall–Kier alpha value is -7.03. The molecular formula is C55H42N2. The van der Waals surface area contributed by atoms with Gasteiger partial charge in [-0.15, -0.1) is 0 Å². The molecule has 0 saturated carbocycles. The molecule has 0 atom stereocenters. The first-order valence-electron chi connectivity index (χ1n) is 19.8. The Morgan fingerprint density at radius 2 is 1.11 bits per heavy atom. The highest BCUT2D eigenvalue weighted by Gasteiger charge is 2.35. The maximum Gasteiger partial charge on any atom is 0.0671 e. The second-order valence-corrected chi connectivity index (χ2v) is 15.8. The van der Waals surface area contributed by atoms with Crippen molar-refractivity contribution < 1.29 is 0 Å². The van der Waals surface area contributed by atoms with Gasteiger partial charge in [0.2, 0.25) is 0 Å². The van der Waals surface area contributed by atoms with Crippen LogP contribution in [0.5, 0.6) is 0 Å². The lowest BCUT2D eigenvalue weighted by molar-refractivity contribution is 0.661. The van der Waals surface area contributed by atoms with Gasteiger partial charge in [-0.1, -0.05) is 178 Å². The first kappa shape index (κ1) is 34.5. The zero-order chi connectivity index (χ0) is 38.5. The molecule has 2 heteroatoms. The summed E-state index contributed by atoms with van der Waals surface area (Å²) in [7, 11) is 0. The average molecular weight is 731 g/mol. The van der Waals surface area contributed by atoms with Gasteiger partial charge in [0.25, 0.3) is 0 Å². The number of nitrogens with two attached hydrogens (primary N) is 1. The lowest BCUT2D eigenvalue weighted by Crippen LogP contribution is -2.14. The standard InChI is InChI=1S/C55H42N2/c1-55(2)51-29-26-43(32-49(51)50-31-41-16-8-9-17-42(41)33-52(50)55)38-20-23-39(24-21-38)45-27-28-48(47-19-11-10-18-46(45)47)53(56)34-54(57-35-36-12-4-3-5-13-36)44-25-22-37-14-6-7-15-40(37)30-44/h3-34H,35,56H2,1-2H3/b53-34-,57-54?. The fraction of sp³-hybridized carbons (Fsp3) is 0.0727. The monoisotopic (exact) mass is 730 g/mol. The molecule has 272 valence electrons. The summed E-state index contributed by atoms with van der Waals surface area (Å²) in [6.07, 6.45) is 2.04. The molecule has 0 bridgehead atoms. The van der Waals surface area contributed by atoms with E-state index in [0.29, 0.717) is 12.2 Å². The van der Waals surface area contributed by atoms with Crippen LogP contribution in [-0.2, 0) is 12.0 Å². The Bertz CT molecular complexity index is 3060. The zero-order valence-corrected chi connectivity index (χ0v) is 32.2. The highest BCUT2D eigenvalue weighted by molar-refractivity contribution is 6.15. The minimum absolute atomic E-state index is 0.0458. The van der Waals surface area contributed by atoms with Crippen molar-refractivity contribution in [2.24, 2.45) is 10.7 Å². The number of hydrogen-bond acceptors (Lipinski definition) is 2. The number of nitrogens with zero attached hydrogens (tertiary/aromatic N) is 1. The van der Waals surface area contributed by atoms with Gasteiger partial charge in [0, 0.05) is 22.2 Å². The van der Waals surface area contributed by atoms with Gasteiger partial charge in [-0.25, -0.2) is 0 Å². The number of rotatable bonds is 7. The van der Waals surface area contributed by atoms with Gasteiger partial charge in [-0.3, -0.25) is 4.99 Å². The van der Waals surface area contributed by atoms with Crippen molar-refractivity contribution >= 4 is 43.7 Å². The normalized spacial score (nSPS) is 13.6. The molecule has 2 N–H and O–H groups in total. The van der Waals surface area contributed by atoms with Crippen LogP contribution >= 0.6 is 0 Å². The molecule has 0 amide bonds. The highest BCUT2D eigenvalue weighted by atomic mass is 14.7. The predicted molar refractivity (Wildman–Crippen MR) is 243 cm³/mol. The highest BCUT2D eigenvalue weighted by Crippen LogP contribution is 2.51. The van der Waals surface area contributed by atoms with Crippen LogP contribution in [0.25, 0.3) is 71.4 Å². The summed E-state index contributed by atoms with van der Waals surface area (Å²) < 4.78 is 0. The third-order valence-electron chi connectivity index (χ3n) is 11.9. The van der Waals surface area contributed by atoms with Crippen LogP contribution in [0.3, 0.4) is 0 Å². The molecular weight excluding hydrogens is 689 g/mol. The van der Waals surface area contributed by atoms with E-state index < -0.39 is 0 Å². The molecule has 0 unspecified atom stereocenters. The third kappa shape index (κ3) is 6.20. The summed E-state index contributed by atoms with van der Waals surface area (Å²) >= 11 is 0. The molecule has 2 nitrogen and oxygen atoms in total. The molecule has 9 aromatic rings. The van der Waals surface area contributed by atoms with E-state index >= 15 is 0 Å². The van der Waals surface area contributed by atoms with Crippen molar-refractivity contribution in [3.8, 4) is 33.4 Å². The molecule has 0 fully saturated rings. The van der Waals surface area contributed by atoms with Crippen molar-refractivity contribution in [3.05, 3.63) is 222 Å². The second-order valence-electron chi connectivity index (χ2n) is 15.8. The Balaban J connectivity index is 0.993. The topological polar surface area (TPSA) is 38.4 Å². The van der Waals surface area contributed by atoms with E-state index in [1.54, 1.807) is 0 Å². The second kappa shape index (κ2) is 13.9.